The fourth-order valence-corrected chi connectivity index (χ4v) is 7.96. The van der Waals surface area contributed by atoms with E-state index in [1.165, 1.54) is 0 Å². The molecule has 2 N–H and O–H groups in total. The number of Topliss-reactive ketones (excluding diaryl/α,β-unsaturated/α-hetero) is 1. The zero-order valence-corrected chi connectivity index (χ0v) is 21.1. The second-order valence-electron chi connectivity index (χ2n) is 9.46. The molecule has 0 radical (unpaired) electrons. The van der Waals surface area contributed by atoms with Crippen molar-refractivity contribution in [1.82, 2.24) is 0 Å². The summed E-state index contributed by atoms with van der Waals surface area (Å²) in [6.45, 7) is 2.02. The number of thiophene rings is 1. The molecule has 2 bridgehead atoms. The average molecular weight is 500 g/mol. The number of rotatable bonds is 3. The third-order valence-electron chi connectivity index (χ3n) is 7.77. The van der Waals surface area contributed by atoms with Crippen LogP contribution in [0.25, 0.3) is 0 Å². The summed E-state index contributed by atoms with van der Waals surface area (Å²) in [5.41, 5.74) is 11.4. The normalized spacial score (nSPS) is 21.7. The van der Waals surface area contributed by atoms with E-state index in [-0.39, 0.29) is 5.78 Å². The van der Waals surface area contributed by atoms with Crippen LogP contribution in [-0.2, 0) is 4.79 Å². The van der Waals surface area contributed by atoms with Crippen molar-refractivity contribution < 1.29 is 4.79 Å². The SMILES string of the molecule is CSc1ccc([C@H]2C(C#N)=C(N)N(c3sc4c(c3C#N)C3CCN4CC3)C3=C2C(=O)CCC3)cc1. The molecule has 1 atom stereocenters. The molecule has 5 heterocycles. The first-order valence-corrected chi connectivity index (χ1v) is 14.0. The molecule has 1 aliphatic carbocycles. The molecule has 0 spiro atoms. The van der Waals surface area contributed by atoms with Gasteiger partial charge in [0, 0.05) is 41.2 Å². The van der Waals surface area contributed by atoms with Gasteiger partial charge in [-0.25, -0.2) is 0 Å². The number of nitrogens with two attached hydrogens (primary N) is 1. The molecule has 1 saturated heterocycles. The van der Waals surface area contributed by atoms with Crippen molar-refractivity contribution in [3.63, 3.8) is 0 Å². The van der Waals surface area contributed by atoms with Gasteiger partial charge in [-0.1, -0.05) is 23.5 Å². The fraction of sp³-hybridized carbons (Fsp3) is 0.370. The number of hydrogen-bond acceptors (Lipinski definition) is 8. The monoisotopic (exact) mass is 499 g/mol. The lowest BCUT2D eigenvalue weighted by atomic mass is 9.75. The van der Waals surface area contributed by atoms with Crippen LogP contribution in [0.4, 0.5) is 10.0 Å². The standard InChI is InChI=1S/C27H25N5OS2/c1-34-17-7-5-15(6-8-17)22-18(13-28)25(30)32(20-3-2-4-21(33)24(20)22)26-19(14-29)23-16-9-11-31(12-10-16)27(23)35-26/h5-8,16,22H,2-4,9-12,30H2,1H3/t22-/m0/s1. The summed E-state index contributed by atoms with van der Waals surface area (Å²) in [6, 6.07) is 12.9. The van der Waals surface area contributed by atoms with E-state index in [0.717, 1.165) is 64.1 Å². The summed E-state index contributed by atoms with van der Waals surface area (Å²) in [5.74, 6) is 0.329. The molecule has 8 heteroatoms. The quantitative estimate of drug-likeness (QED) is 0.569. The number of nitrogens with zero attached hydrogens (tertiary/aromatic N) is 4. The van der Waals surface area contributed by atoms with Crippen LogP contribution in [0.15, 0.2) is 51.8 Å². The van der Waals surface area contributed by atoms with Crippen molar-refractivity contribution in [1.29, 1.82) is 10.5 Å². The zero-order valence-electron chi connectivity index (χ0n) is 19.5. The highest BCUT2D eigenvalue weighted by atomic mass is 32.2. The van der Waals surface area contributed by atoms with Crippen molar-refractivity contribution in [2.75, 3.05) is 29.1 Å². The lowest BCUT2D eigenvalue weighted by molar-refractivity contribution is -0.116. The molecule has 35 heavy (non-hydrogen) atoms. The third-order valence-corrected chi connectivity index (χ3v) is 9.77. The number of fused-ring (bicyclic) bond motifs is 2. The summed E-state index contributed by atoms with van der Waals surface area (Å²) in [6.07, 6.45) is 6.05. The first-order valence-electron chi connectivity index (χ1n) is 12.0. The molecule has 4 aliphatic heterocycles. The minimum atomic E-state index is -0.477. The number of carbonyl (C=O) groups excluding carboxylic acids is 1. The second-order valence-corrected chi connectivity index (χ2v) is 11.3. The molecule has 1 aromatic heterocycles. The van der Waals surface area contributed by atoms with Gasteiger partial charge in [0.25, 0.3) is 0 Å². The maximum Gasteiger partial charge on any atom is 0.161 e. The summed E-state index contributed by atoms with van der Waals surface area (Å²) in [5, 5.41) is 22.5. The number of piperidine rings is 1. The number of nitriles is 2. The smallest absolute Gasteiger partial charge is 0.161 e. The highest BCUT2D eigenvalue weighted by Gasteiger charge is 2.43. The first-order chi connectivity index (χ1) is 17.1. The fourth-order valence-electron chi connectivity index (χ4n) is 6.12. The van der Waals surface area contributed by atoms with E-state index in [1.54, 1.807) is 23.1 Å². The van der Waals surface area contributed by atoms with Crippen molar-refractivity contribution in [2.45, 2.75) is 48.8 Å². The largest absolute Gasteiger partial charge is 0.384 e. The second kappa shape index (κ2) is 8.48. The summed E-state index contributed by atoms with van der Waals surface area (Å²) >= 11 is 3.24. The molecule has 1 fully saturated rings. The molecular formula is C27H25N5OS2. The van der Waals surface area contributed by atoms with Gasteiger partial charge in [-0.2, -0.15) is 10.5 Å². The molecule has 0 unspecified atom stereocenters. The summed E-state index contributed by atoms with van der Waals surface area (Å²) in [7, 11) is 0. The Balaban J connectivity index is 1.57. The number of ketones is 1. The van der Waals surface area contributed by atoms with Gasteiger partial charge in [0.15, 0.2) is 5.78 Å². The highest BCUT2D eigenvalue weighted by molar-refractivity contribution is 7.98. The molecule has 2 aromatic rings. The third kappa shape index (κ3) is 3.24. The topological polar surface area (TPSA) is 97.2 Å². The van der Waals surface area contributed by atoms with Gasteiger partial charge in [-0.15, -0.1) is 11.8 Å². The van der Waals surface area contributed by atoms with E-state index in [4.69, 9.17) is 5.73 Å². The first kappa shape index (κ1) is 22.3. The average Bonchev–Trinajstić information content (AvgIpc) is 3.30. The Bertz CT molecular complexity index is 1380. The lowest BCUT2D eigenvalue weighted by Crippen LogP contribution is -2.38. The van der Waals surface area contributed by atoms with Gasteiger partial charge in [0.1, 0.15) is 16.9 Å². The van der Waals surface area contributed by atoms with Crippen molar-refractivity contribution in [3.05, 3.63) is 63.6 Å². The maximum atomic E-state index is 13.4. The zero-order chi connectivity index (χ0) is 24.3. The minimum Gasteiger partial charge on any atom is -0.384 e. The van der Waals surface area contributed by atoms with Crippen LogP contribution in [0.2, 0.25) is 0 Å². The van der Waals surface area contributed by atoms with Gasteiger partial charge in [-0.3, -0.25) is 9.69 Å². The Morgan fingerprint density at radius 2 is 1.83 bits per heavy atom. The van der Waals surface area contributed by atoms with Gasteiger partial charge in [0.05, 0.1) is 28.1 Å². The number of thioether (sulfide) groups is 1. The Morgan fingerprint density at radius 1 is 1.09 bits per heavy atom. The predicted octanol–water partition coefficient (Wildman–Crippen LogP) is 5.34. The molecule has 5 aliphatic rings. The van der Waals surface area contributed by atoms with Gasteiger partial charge in [0.2, 0.25) is 0 Å². The summed E-state index contributed by atoms with van der Waals surface area (Å²) in [4.78, 5) is 18.8. The molecule has 7 rings (SSSR count). The van der Waals surface area contributed by atoms with Gasteiger partial charge >= 0.3 is 0 Å². The molecular weight excluding hydrogens is 474 g/mol. The highest BCUT2D eigenvalue weighted by Crippen LogP contribution is 2.55. The van der Waals surface area contributed by atoms with Crippen LogP contribution in [0.5, 0.6) is 0 Å². The summed E-state index contributed by atoms with van der Waals surface area (Å²) < 4.78 is 0. The number of allylic oxidation sites excluding steroid dienone is 3. The van der Waals surface area contributed by atoms with Crippen LogP contribution in [0.1, 0.15) is 60.6 Å². The number of carbonyl (C=O) groups is 1. The number of hydrogen-bond donors (Lipinski definition) is 1. The Labute approximate surface area is 213 Å². The van der Waals surface area contributed by atoms with E-state index in [1.807, 2.05) is 35.4 Å². The van der Waals surface area contributed by atoms with Crippen LogP contribution in [0.3, 0.4) is 0 Å². The number of benzene rings is 1. The number of anilines is 2. The van der Waals surface area contributed by atoms with E-state index < -0.39 is 5.92 Å². The van der Waals surface area contributed by atoms with Crippen LogP contribution >= 0.6 is 23.1 Å². The van der Waals surface area contributed by atoms with Crippen molar-refractivity contribution in [2.24, 2.45) is 5.73 Å². The Kier molecular flexibility index (Phi) is 5.40. The Morgan fingerprint density at radius 3 is 2.49 bits per heavy atom. The molecule has 0 amide bonds. The molecule has 0 saturated carbocycles. The van der Waals surface area contributed by atoms with Gasteiger partial charge < -0.3 is 10.6 Å². The van der Waals surface area contributed by atoms with Crippen LogP contribution in [-0.4, -0.2) is 25.1 Å². The van der Waals surface area contributed by atoms with Crippen LogP contribution < -0.4 is 15.5 Å². The molecule has 6 nitrogen and oxygen atoms in total. The molecule has 1 aromatic carbocycles. The lowest BCUT2D eigenvalue weighted by Gasteiger charge is -2.39. The molecule has 176 valence electrons. The van der Waals surface area contributed by atoms with E-state index >= 15 is 0 Å². The van der Waals surface area contributed by atoms with Gasteiger partial charge in [-0.05, 0) is 55.6 Å². The van der Waals surface area contributed by atoms with Crippen molar-refractivity contribution in [3.8, 4) is 12.1 Å². The van der Waals surface area contributed by atoms with E-state index in [0.29, 0.717) is 41.3 Å². The maximum absolute atomic E-state index is 13.4. The van der Waals surface area contributed by atoms with E-state index in [2.05, 4.69) is 17.0 Å². The minimum absolute atomic E-state index is 0.0686. The predicted molar refractivity (Wildman–Crippen MR) is 139 cm³/mol. The van der Waals surface area contributed by atoms with Crippen molar-refractivity contribution >= 4 is 38.9 Å². The van der Waals surface area contributed by atoms with Crippen LogP contribution in [0, 0.1) is 22.7 Å². The van der Waals surface area contributed by atoms with E-state index in [9.17, 15) is 15.3 Å². The Hall–Kier alpha value is -3.20.